The Hall–Kier alpha value is -1.55. The van der Waals surface area contributed by atoms with Crippen LogP contribution in [-0.2, 0) is 10.3 Å². The number of amides is 1. The molecule has 0 radical (unpaired) electrons. The zero-order valence-corrected chi connectivity index (χ0v) is 13.1. The lowest BCUT2D eigenvalue weighted by Gasteiger charge is -2.36. The van der Waals surface area contributed by atoms with Crippen LogP contribution in [0.4, 0.5) is 4.79 Å². The molecular weight excluding hydrogens is 266 g/mol. The molecule has 0 atom stereocenters. The first-order chi connectivity index (χ1) is 9.78. The highest BCUT2D eigenvalue weighted by atomic mass is 16.6. The SMILES string of the molecule is CC(C)(C)OC(=O)NC1CCC(O)(c2ccccc2)CC1. The molecule has 2 rings (SSSR count). The standard InChI is InChI=1S/C17H25NO3/c1-16(2,3)21-15(19)18-14-9-11-17(20,12-10-14)13-7-5-4-6-8-13/h4-8,14,20H,9-12H2,1-3H3,(H,18,19). The van der Waals surface area contributed by atoms with Crippen molar-refractivity contribution in [2.75, 3.05) is 0 Å². The summed E-state index contributed by atoms with van der Waals surface area (Å²) < 4.78 is 5.26. The molecule has 0 aromatic heterocycles. The molecule has 1 fully saturated rings. The van der Waals surface area contributed by atoms with Gasteiger partial charge in [-0.15, -0.1) is 0 Å². The van der Waals surface area contributed by atoms with E-state index in [2.05, 4.69) is 5.32 Å². The molecule has 0 bridgehead atoms. The lowest BCUT2D eigenvalue weighted by atomic mass is 9.78. The maximum absolute atomic E-state index is 11.8. The van der Waals surface area contributed by atoms with Gasteiger partial charge < -0.3 is 15.2 Å². The Labute approximate surface area is 126 Å². The normalized spacial score (nSPS) is 26.2. The Bertz CT molecular complexity index is 471. The Kier molecular flexibility index (Phi) is 4.57. The Morgan fingerprint density at radius 2 is 1.81 bits per heavy atom. The van der Waals surface area contributed by atoms with Crippen LogP contribution in [0, 0.1) is 0 Å². The van der Waals surface area contributed by atoms with Crippen molar-refractivity contribution < 1.29 is 14.6 Å². The summed E-state index contributed by atoms with van der Waals surface area (Å²) in [5, 5.41) is 13.6. The minimum absolute atomic E-state index is 0.0730. The second kappa shape index (κ2) is 6.06. The van der Waals surface area contributed by atoms with Crippen molar-refractivity contribution >= 4 is 6.09 Å². The van der Waals surface area contributed by atoms with Gasteiger partial charge in [-0.3, -0.25) is 0 Å². The van der Waals surface area contributed by atoms with Gasteiger partial charge in [0, 0.05) is 6.04 Å². The lowest BCUT2D eigenvalue weighted by molar-refractivity contribution is -0.0107. The fraction of sp³-hybridized carbons (Fsp3) is 0.588. The number of carbonyl (C=O) groups excluding carboxylic acids is 1. The summed E-state index contributed by atoms with van der Waals surface area (Å²) in [4.78, 5) is 11.8. The predicted octanol–water partition coefficient (Wildman–Crippen LogP) is 3.34. The largest absolute Gasteiger partial charge is 0.444 e. The summed E-state index contributed by atoms with van der Waals surface area (Å²) in [5.74, 6) is 0. The van der Waals surface area contributed by atoms with Gasteiger partial charge in [0.15, 0.2) is 0 Å². The van der Waals surface area contributed by atoms with Crippen LogP contribution in [0.25, 0.3) is 0 Å². The average Bonchev–Trinajstić information content (AvgIpc) is 2.40. The van der Waals surface area contributed by atoms with Crippen molar-refractivity contribution in [2.24, 2.45) is 0 Å². The van der Waals surface area contributed by atoms with Crippen molar-refractivity contribution in [2.45, 2.75) is 63.7 Å². The smallest absolute Gasteiger partial charge is 0.407 e. The summed E-state index contributed by atoms with van der Waals surface area (Å²) in [6.07, 6.45) is 2.43. The van der Waals surface area contributed by atoms with E-state index < -0.39 is 11.2 Å². The van der Waals surface area contributed by atoms with Crippen molar-refractivity contribution in [3.05, 3.63) is 35.9 Å². The van der Waals surface area contributed by atoms with E-state index in [0.29, 0.717) is 12.8 Å². The summed E-state index contributed by atoms with van der Waals surface area (Å²) in [6.45, 7) is 5.55. The molecule has 21 heavy (non-hydrogen) atoms. The van der Waals surface area contributed by atoms with Crippen LogP contribution < -0.4 is 5.32 Å². The van der Waals surface area contributed by atoms with Gasteiger partial charge in [0.2, 0.25) is 0 Å². The van der Waals surface area contributed by atoms with Crippen LogP contribution in [0.2, 0.25) is 0 Å². The molecule has 4 heteroatoms. The first-order valence-electron chi connectivity index (χ1n) is 7.56. The second-order valence-electron chi connectivity index (χ2n) is 6.82. The van der Waals surface area contributed by atoms with Gasteiger partial charge in [-0.25, -0.2) is 4.79 Å². The molecule has 1 saturated carbocycles. The van der Waals surface area contributed by atoms with E-state index >= 15 is 0 Å². The molecule has 4 nitrogen and oxygen atoms in total. The van der Waals surface area contributed by atoms with Crippen LogP contribution in [0.15, 0.2) is 30.3 Å². The number of carbonyl (C=O) groups is 1. The van der Waals surface area contributed by atoms with Gasteiger partial charge in [-0.2, -0.15) is 0 Å². The summed E-state index contributed by atoms with van der Waals surface area (Å²) in [5.41, 5.74) is -0.294. The van der Waals surface area contributed by atoms with Crippen LogP contribution in [0.1, 0.15) is 52.0 Å². The molecule has 0 spiro atoms. The molecule has 0 unspecified atom stereocenters. The minimum atomic E-state index is -0.770. The first-order valence-corrected chi connectivity index (χ1v) is 7.56. The number of ether oxygens (including phenoxy) is 1. The van der Waals surface area contributed by atoms with E-state index in [4.69, 9.17) is 4.74 Å². The molecule has 1 aromatic carbocycles. The van der Waals surface area contributed by atoms with E-state index in [0.717, 1.165) is 18.4 Å². The number of rotatable bonds is 2. The van der Waals surface area contributed by atoms with Gasteiger partial charge in [0.1, 0.15) is 5.60 Å². The molecule has 2 N–H and O–H groups in total. The molecule has 0 saturated heterocycles. The highest BCUT2D eigenvalue weighted by molar-refractivity contribution is 5.68. The highest BCUT2D eigenvalue weighted by Gasteiger charge is 2.35. The monoisotopic (exact) mass is 291 g/mol. The third-order valence-corrected chi connectivity index (χ3v) is 3.84. The van der Waals surface area contributed by atoms with Crippen LogP contribution >= 0.6 is 0 Å². The molecular formula is C17H25NO3. The fourth-order valence-corrected chi connectivity index (χ4v) is 2.75. The van der Waals surface area contributed by atoms with Crippen LogP contribution in [-0.4, -0.2) is 22.8 Å². The summed E-state index contributed by atoms with van der Waals surface area (Å²) in [6, 6.07) is 9.83. The van der Waals surface area contributed by atoms with E-state index in [1.165, 1.54) is 0 Å². The van der Waals surface area contributed by atoms with Crippen molar-refractivity contribution in [1.29, 1.82) is 0 Å². The number of nitrogens with one attached hydrogen (secondary N) is 1. The molecule has 1 amide bonds. The van der Waals surface area contributed by atoms with Crippen LogP contribution in [0.5, 0.6) is 0 Å². The third kappa shape index (κ3) is 4.46. The van der Waals surface area contributed by atoms with Crippen LogP contribution in [0.3, 0.4) is 0 Å². The van der Waals surface area contributed by atoms with Gasteiger partial charge in [0.05, 0.1) is 5.60 Å². The van der Waals surface area contributed by atoms with Crippen molar-refractivity contribution in [1.82, 2.24) is 5.32 Å². The molecule has 1 aromatic rings. The van der Waals surface area contributed by atoms with Crippen molar-refractivity contribution in [3.8, 4) is 0 Å². The number of hydrogen-bond acceptors (Lipinski definition) is 3. The van der Waals surface area contributed by atoms with Crippen molar-refractivity contribution in [3.63, 3.8) is 0 Å². The Morgan fingerprint density at radius 3 is 2.33 bits per heavy atom. The molecule has 1 aliphatic rings. The Morgan fingerprint density at radius 1 is 1.24 bits per heavy atom. The number of hydrogen-bond donors (Lipinski definition) is 2. The maximum atomic E-state index is 11.8. The maximum Gasteiger partial charge on any atom is 0.407 e. The third-order valence-electron chi connectivity index (χ3n) is 3.84. The first kappa shape index (κ1) is 15.8. The average molecular weight is 291 g/mol. The van der Waals surface area contributed by atoms with E-state index in [1.807, 2.05) is 51.1 Å². The molecule has 1 aliphatic carbocycles. The van der Waals surface area contributed by atoms with E-state index in [-0.39, 0.29) is 12.1 Å². The second-order valence-corrected chi connectivity index (χ2v) is 6.82. The lowest BCUT2D eigenvalue weighted by Crippen LogP contribution is -2.44. The van der Waals surface area contributed by atoms with Gasteiger partial charge in [0.25, 0.3) is 0 Å². The predicted molar refractivity (Wildman–Crippen MR) is 82.0 cm³/mol. The number of alkyl carbamates (subject to hydrolysis) is 1. The minimum Gasteiger partial charge on any atom is -0.444 e. The van der Waals surface area contributed by atoms with Gasteiger partial charge in [-0.1, -0.05) is 30.3 Å². The van der Waals surface area contributed by atoms with E-state index in [9.17, 15) is 9.90 Å². The quantitative estimate of drug-likeness (QED) is 0.878. The summed E-state index contributed by atoms with van der Waals surface area (Å²) >= 11 is 0. The zero-order chi connectivity index (χ0) is 15.5. The number of aliphatic hydroxyl groups is 1. The molecule has 0 aliphatic heterocycles. The fourth-order valence-electron chi connectivity index (χ4n) is 2.75. The topological polar surface area (TPSA) is 58.6 Å². The molecule has 0 heterocycles. The highest BCUT2D eigenvalue weighted by Crippen LogP contribution is 2.36. The Balaban J connectivity index is 1.87. The number of benzene rings is 1. The molecule has 116 valence electrons. The van der Waals surface area contributed by atoms with Gasteiger partial charge in [-0.05, 0) is 52.0 Å². The van der Waals surface area contributed by atoms with E-state index in [1.54, 1.807) is 0 Å². The summed E-state index contributed by atoms with van der Waals surface area (Å²) in [7, 11) is 0. The van der Waals surface area contributed by atoms with Gasteiger partial charge >= 0.3 is 6.09 Å². The zero-order valence-electron chi connectivity index (χ0n) is 13.1.